The fraction of sp³-hybridized carbons (Fsp3) is 0.0909. The number of nitrogen functional groups attached to an aromatic ring is 1. The van der Waals surface area contributed by atoms with Gasteiger partial charge in [0.2, 0.25) is 4.96 Å². The van der Waals surface area contributed by atoms with E-state index in [0.29, 0.717) is 15.5 Å². The molecular weight excluding hydrogens is 398 g/mol. The van der Waals surface area contributed by atoms with Crippen LogP contribution in [0.15, 0.2) is 58.3 Å². The Morgan fingerprint density at radius 3 is 2.93 bits per heavy atom. The van der Waals surface area contributed by atoms with E-state index in [0.717, 1.165) is 28.1 Å². The van der Waals surface area contributed by atoms with Crippen LogP contribution in [0.5, 0.6) is 5.75 Å². The molecule has 0 fully saturated rings. The summed E-state index contributed by atoms with van der Waals surface area (Å²) >= 11 is 1.28. The van der Waals surface area contributed by atoms with Gasteiger partial charge in [-0.15, -0.1) is 0 Å². The number of aryl methyl sites for hydroxylation is 1. The first-order valence-corrected chi connectivity index (χ1v) is 10.1. The third-order valence-electron chi connectivity index (χ3n) is 4.74. The highest BCUT2D eigenvalue weighted by Crippen LogP contribution is 2.32. The number of fused-ring (bicyclic) bond motifs is 2. The quantitative estimate of drug-likeness (QED) is 0.546. The molecule has 0 saturated carbocycles. The molecule has 0 radical (unpaired) electrons. The van der Waals surface area contributed by atoms with Crippen molar-refractivity contribution >= 4 is 45.7 Å². The summed E-state index contributed by atoms with van der Waals surface area (Å²) < 4.78 is 7.30. The van der Waals surface area contributed by atoms with E-state index >= 15 is 0 Å². The van der Waals surface area contributed by atoms with Crippen LogP contribution in [-0.2, 0) is 6.61 Å². The topological polar surface area (TPSA) is 94.9 Å². The zero-order chi connectivity index (χ0) is 20.7. The maximum atomic E-state index is 12.6. The Bertz CT molecular complexity index is 1400. The molecular formula is C22H17N5O2S. The number of para-hydroxylation sites is 1. The van der Waals surface area contributed by atoms with E-state index in [2.05, 4.69) is 15.1 Å². The SMILES string of the molecule is Cc1cccc(OCc2nn3c(N)c(C=C4C=Nc5ccccc54)c(=O)nc3s2)c1. The Morgan fingerprint density at radius 2 is 2.07 bits per heavy atom. The number of nitrogens with two attached hydrogens (primary N) is 1. The van der Waals surface area contributed by atoms with E-state index in [4.69, 9.17) is 10.5 Å². The van der Waals surface area contributed by atoms with Gasteiger partial charge in [-0.2, -0.15) is 14.6 Å². The molecule has 1 aliphatic rings. The number of nitrogens with zero attached hydrogens (tertiary/aromatic N) is 4. The molecule has 1 aliphatic heterocycles. The number of allylic oxidation sites excluding steroid dienone is 1. The van der Waals surface area contributed by atoms with Gasteiger partial charge in [-0.3, -0.25) is 9.79 Å². The molecule has 2 aromatic carbocycles. The van der Waals surface area contributed by atoms with Gasteiger partial charge in [-0.25, -0.2) is 0 Å². The molecule has 7 nitrogen and oxygen atoms in total. The summed E-state index contributed by atoms with van der Waals surface area (Å²) in [6, 6.07) is 15.5. The first kappa shape index (κ1) is 18.3. The third kappa shape index (κ3) is 3.27. The van der Waals surface area contributed by atoms with Gasteiger partial charge in [-0.1, -0.05) is 41.7 Å². The summed E-state index contributed by atoms with van der Waals surface area (Å²) in [6.45, 7) is 2.27. The standard InChI is InChI=1S/C22H17N5O2S/c1-13-5-4-6-15(9-13)29-12-19-26-27-20(23)17(21(28)25-22(27)30-19)10-14-11-24-18-8-3-2-7-16(14)18/h2-11H,12,23H2,1H3. The normalized spacial score (nSPS) is 13.8. The van der Waals surface area contributed by atoms with Crippen molar-refractivity contribution in [3.05, 3.63) is 80.6 Å². The van der Waals surface area contributed by atoms with Gasteiger partial charge < -0.3 is 10.5 Å². The minimum absolute atomic E-state index is 0.244. The van der Waals surface area contributed by atoms with Gasteiger partial charge in [-0.05, 0) is 36.8 Å². The van der Waals surface area contributed by atoms with Crippen LogP contribution in [-0.4, -0.2) is 20.8 Å². The van der Waals surface area contributed by atoms with Crippen molar-refractivity contribution in [2.24, 2.45) is 4.99 Å². The zero-order valence-corrected chi connectivity index (χ0v) is 16.9. The number of hydrogen-bond acceptors (Lipinski definition) is 7. The van der Waals surface area contributed by atoms with Crippen molar-refractivity contribution in [1.82, 2.24) is 14.6 Å². The van der Waals surface area contributed by atoms with Crippen LogP contribution in [0.2, 0.25) is 0 Å². The van der Waals surface area contributed by atoms with Crippen LogP contribution < -0.4 is 16.0 Å². The predicted octanol–water partition coefficient (Wildman–Crippen LogP) is 3.88. The maximum Gasteiger partial charge on any atom is 0.283 e. The number of hydrogen-bond donors (Lipinski definition) is 1. The predicted molar refractivity (Wildman–Crippen MR) is 120 cm³/mol. The minimum atomic E-state index is -0.396. The molecule has 0 saturated heterocycles. The molecule has 148 valence electrons. The highest BCUT2D eigenvalue weighted by molar-refractivity contribution is 7.16. The first-order chi connectivity index (χ1) is 14.6. The second kappa shape index (κ2) is 7.23. The largest absolute Gasteiger partial charge is 0.486 e. The summed E-state index contributed by atoms with van der Waals surface area (Å²) in [5.74, 6) is 1.00. The summed E-state index contributed by atoms with van der Waals surface area (Å²) in [7, 11) is 0. The van der Waals surface area contributed by atoms with Crippen LogP contribution in [0.3, 0.4) is 0 Å². The third-order valence-corrected chi connectivity index (χ3v) is 5.62. The lowest BCUT2D eigenvalue weighted by atomic mass is 10.1. The lowest BCUT2D eigenvalue weighted by Gasteiger charge is -2.04. The monoisotopic (exact) mass is 415 g/mol. The molecule has 0 spiro atoms. The summed E-state index contributed by atoms with van der Waals surface area (Å²) in [4.78, 5) is 21.6. The molecule has 8 heteroatoms. The number of aliphatic imine (C=N–C) groups is 1. The summed E-state index contributed by atoms with van der Waals surface area (Å²) in [5, 5.41) is 5.17. The number of anilines is 1. The molecule has 5 rings (SSSR count). The number of rotatable bonds is 4. The number of aromatic nitrogens is 3. The molecule has 30 heavy (non-hydrogen) atoms. The van der Waals surface area contributed by atoms with Crippen LogP contribution in [0.4, 0.5) is 11.5 Å². The van der Waals surface area contributed by atoms with Gasteiger partial charge in [0.15, 0.2) is 5.01 Å². The Labute approximate surface area is 175 Å². The Morgan fingerprint density at radius 1 is 1.20 bits per heavy atom. The van der Waals surface area contributed by atoms with Crippen LogP contribution >= 0.6 is 11.3 Å². The second-order valence-corrected chi connectivity index (χ2v) is 7.93. The van der Waals surface area contributed by atoms with E-state index in [1.54, 1.807) is 12.3 Å². The smallest absolute Gasteiger partial charge is 0.283 e. The van der Waals surface area contributed by atoms with Gasteiger partial charge in [0.1, 0.15) is 18.2 Å². The summed E-state index contributed by atoms with van der Waals surface area (Å²) in [6.07, 6.45) is 3.44. The van der Waals surface area contributed by atoms with Crippen molar-refractivity contribution in [3.8, 4) is 5.75 Å². The highest BCUT2D eigenvalue weighted by Gasteiger charge is 2.17. The summed E-state index contributed by atoms with van der Waals surface area (Å²) in [5.41, 5.74) is 9.93. The Hall–Kier alpha value is -3.78. The van der Waals surface area contributed by atoms with E-state index < -0.39 is 5.56 Å². The number of benzene rings is 2. The van der Waals surface area contributed by atoms with Crippen molar-refractivity contribution < 1.29 is 4.74 Å². The van der Waals surface area contributed by atoms with E-state index in [1.807, 2.05) is 55.5 Å². The van der Waals surface area contributed by atoms with Crippen molar-refractivity contribution in [3.63, 3.8) is 0 Å². The van der Waals surface area contributed by atoms with Gasteiger partial charge >= 0.3 is 0 Å². The van der Waals surface area contributed by atoms with E-state index in [1.165, 1.54) is 15.9 Å². The fourth-order valence-electron chi connectivity index (χ4n) is 3.27. The Kier molecular flexibility index (Phi) is 4.40. The fourth-order valence-corrected chi connectivity index (χ4v) is 4.08. The zero-order valence-electron chi connectivity index (χ0n) is 16.1. The van der Waals surface area contributed by atoms with E-state index in [9.17, 15) is 4.79 Å². The molecule has 2 N–H and O–H groups in total. The van der Waals surface area contributed by atoms with Crippen LogP contribution in [0.25, 0.3) is 16.6 Å². The highest BCUT2D eigenvalue weighted by atomic mass is 32.1. The van der Waals surface area contributed by atoms with Crippen molar-refractivity contribution in [2.75, 3.05) is 5.73 Å². The molecule has 0 aliphatic carbocycles. The van der Waals surface area contributed by atoms with Crippen LogP contribution in [0.1, 0.15) is 21.7 Å². The van der Waals surface area contributed by atoms with Gasteiger partial charge in [0.05, 0.1) is 11.3 Å². The molecule has 2 aromatic heterocycles. The molecule has 4 aromatic rings. The minimum Gasteiger partial charge on any atom is -0.486 e. The van der Waals surface area contributed by atoms with Gasteiger partial charge in [0, 0.05) is 17.4 Å². The average molecular weight is 415 g/mol. The van der Waals surface area contributed by atoms with Crippen molar-refractivity contribution in [1.29, 1.82) is 0 Å². The lowest BCUT2D eigenvalue weighted by molar-refractivity contribution is 0.304. The van der Waals surface area contributed by atoms with Crippen LogP contribution in [0, 0.1) is 6.92 Å². The lowest BCUT2D eigenvalue weighted by Crippen LogP contribution is -2.16. The van der Waals surface area contributed by atoms with Crippen molar-refractivity contribution in [2.45, 2.75) is 13.5 Å². The second-order valence-electron chi connectivity index (χ2n) is 6.89. The average Bonchev–Trinajstić information content (AvgIpc) is 3.34. The molecule has 0 atom stereocenters. The van der Waals surface area contributed by atoms with Gasteiger partial charge in [0.25, 0.3) is 5.56 Å². The maximum absolute atomic E-state index is 12.6. The first-order valence-electron chi connectivity index (χ1n) is 9.31. The molecule has 3 heterocycles. The number of ether oxygens (including phenoxy) is 1. The van der Waals surface area contributed by atoms with E-state index in [-0.39, 0.29) is 12.4 Å². The Balaban J connectivity index is 1.49. The molecule has 0 bridgehead atoms. The molecule has 0 amide bonds. The molecule has 0 unspecified atom stereocenters.